The maximum atomic E-state index is 12.9. The predicted molar refractivity (Wildman–Crippen MR) is 85.0 cm³/mol. The number of halogens is 1. The van der Waals surface area contributed by atoms with Crippen molar-refractivity contribution in [2.45, 2.75) is 6.54 Å². The zero-order valence-corrected chi connectivity index (χ0v) is 12.4. The van der Waals surface area contributed by atoms with Gasteiger partial charge >= 0.3 is 0 Å². The Kier molecular flexibility index (Phi) is 3.89. The molecule has 3 N–H and O–H groups in total. The first-order valence-corrected chi connectivity index (χ1v) is 6.97. The van der Waals surface area contributed by atoms with Gasteiger partial charge in [-0.15, -0.1) is 0 Å². The van der Waals surface area contributed by atoms with Gasteiger partial charge < -0.3 is 20.2 Å². The molecule has 1 aromatic heterocycles. The van der Waals surface area contributed by atoms with E-state index in [1.54, 1.807) is 37.4 Å². The quantitative estimate of drug-likeness (QED) is 0.757. The summed E-state index contributed by atoms with van der Waals surface area (Å²) in [4.78, 5) is 11.6. The van der Waals surface area contributed by atoms with Gasteiger partial charge in [-0.05, 0) is 29.8 Å². The fraction of sp³-hybridized carbons (Fsp3) is 0.118. The molecule has 118 valence electrons. The number of carbonyl (C=O) groups is 1. The molecule has 2 aromatic carbocycles. The molecular weight excluding hydrogens is 299 g/mol. The molecule has 1 heterocycles. The molecule has 0 bridgehead atoms. The highest BCUT2D eigenvalue weighted by Crippen LogP contribution is 2.33. The number of nitrogens with two attached hydrogens (primary N) is 1. The van der Waals surface area contributed by atoms with E-state index in [0.717, 1.165) is 10.9 Å². The number of carbonyl (C=O) groups excluding carboxylic acids is 1. The van der Waals surface area contributed by atoms with Crippen LogP contribution in [-0.4, -0.2) is 13.0 Å². The number of fused-ring (bicyclic) bond motifs is 1. The van der Waals surface area contributed by atoms with Crippen LogP contribution < -0.4 is 15.8 Å². The normalized spacial score (nSPS) is 10.7. The third-order valence-corrected chi connectivity index (χ3v) is 3.50. The number of furan rings is 1. The summed E-state index contributed by atoms with van der Waals surface area (Å²) in [6, 6.07) is 11.3. The summed E-state index contributed by atoms with van der Waals surface area (Å²) in [6.07, 6.45) is 0. The van der Waals surface area contributed by atoms with Crippen molar-refractivity contribution in [2.24, 2.45) is 5.73 Å². The van der Waals surface area contributed by atoms with Crippen LogP contribution in [0.25, 0.3) is 11.0 Å². The number of primary amides is 1. The molecule has 3 aromatic rings. The van der Waals surface area contributed by atoms with E-state index in [0.29, 0.717) is 23.6 Å². The van der Waals surface area contributed by atoms with Crippen LogP contribution in [0.4, 0.5) is 10.1 Å². The summed E-state index contributed by atoms with van der Waals surface area (Å²) in [5.41, 5.74) is 7.26. The summed E-state index contributed by atoms with van der Waals surface area (Å²) < 4.78 is 23.6. The van der Waals surface area contributed by atoms with Crippen LogP contribution in [0.5, 0.6) is 5.75 Å². The molecule has 0 aliphatic rings. The minimum atomic E-state index is -0.665. The van der Waals surface area contributed by atoms with Gasteiger partial charge in [-0.2, -0.15) is 0 Å². The monoisotopic (exact) mass is 314 g/mol. The van der Waals surface area contributed by atoms with Crippen LogP contribution in [0.1, 0.15) is 16.1 Å². The number of ether oxygens (including phenoxy) is 1. The molecule has 0 saturated carbocycles. The van der Waals surface area contributed by atoms with Gasteiger partial charge in [0.25, 0.3) is 5.91 Å². The van der Waals surface area contributed by atoms with E-state index in [-0.39, 0.29) is 11.6 Å². The highest BCUT2D eigenvalue weighted by Gasteiger charge is 2.18. The molecule has 3 rings (SSSR count). The molecular formula is C17H15FN2O3. The van der Waals surface area contributed by atoms with E-state index in [9.17, 15) is 9.18 Å². The number of hydrogen-bond acceptors (Lipinski definition) is 4. The van der Waals surface area contributed by atoms with Crippen molar-refractivity contribution in [2.75, 3.05) is 12.4 Å². The second-order valence-corrected chi connectivity index (χ2v) is 5.01. The summed E-state index contributed by atoms with van der Waals surface area (Å²) >= 11 is 0. The van der Waals surface area contributed by atoms with E-state index in [1.165, 1.54) is 12.1 Å². The molecule has 0 fully saturated rings. The molecule has 23 heavy (non-hydrogen) atoms. The minimum Gasteiger partial charge on any atom is -0.497 e. The van der Waals surface area contributed by atoms with Gasteiger partial charge in [0.15, 0.2) is 0 Å². The third kappa shape index (κ3) is 2.96. The summed E-state index contributed by atoms with van der Waals surface area (Å²) in [7, 11) is 1.55. The van der Waals surface area contributed by atoms with E-state index in [1.807, 2.05) is 0 Å². The van der Waals surface area contributed by atoms with Gasteiger partial charge in [-0.1, -0.05) is 12.1 Å². The predicted octanol–water partition coefficient (Wildman–Crippen LogP) is 3.29. The topological polar surface area (TPSA) is 77.5 Å². The Morgan fingerprint density at radius 1 is 1.26 bits per heavy atom. The van der Waals surface area contributed by atoms with Crippen LogP contribution in [0, 0.1) is 5.82 Å². The van der Waals surface area contributed by atoms with Crippen molar-refractivity contribution in [3.05, 3.63) is 59.6 Å². The maximum absolute atomic E-state index is 12.9. The Hall–Kier alpha value is -3.02. The van der Waals surface area contributed by atoms with Crippen LogP contribution in [0.3, 0.4) is 0 Å². The van der Waals surface area contributed by atoms with Gasteiger partial charge in [0.1, 0.15) is 17.1 Å². The third-order valence-electron chi connectivity index (χ3n) is 3.50. The lowest BCUT2D eigenvalue weighted by Crippen LogP contribution is -2.12. The number of anilines is 1. The second-order valence-electron chi connectivity index (χ2n) is 5.01. The average Bonchev–Trinajstić information content (AvgIpc) is 2.92. The van der Waals surface area contributed by atoms with Gasteiger partial charge in [0.05, 0.1) is 12.8 Å². The fourth-order valence-corrected chi connectivity index (χ4v) is 2.35. The lowest BCUT2D eigenvalue weighted by atomic mass is 10.2. The Morgan fingerprint density at radius 2 is 2.00 bits per heavy atom. The van der Waals surface area contributed by atoms with Gasteiger partial charge in [0, 0.05) is 18.0 Å². The van der Waals surface area contributed by atoms with E-state index in [2.05, 4.69) is 5.32 Å². The standard InChI is InChI=1S/C17H15FN2O3/c1-22-12-6-7-13-14(8-12)23-16(17(19)21)15(13)20-9-10-2-4-11(18)5-3-10/h2-8,20H,9H2,1H3,(H2,19,21). The highest BCUT2D eigenvalue weighted by atomic mass is 19.1. The molecule has 0 saturated heterocycles. The van der Waals surface area contributed by atoms with Gasteiger partial charge in [-0.25, -0.2) is 4.39 Å². The maximum Gasteiger partial charge on any atom is 0.286 e. The fourth-order valence-electron chi connectivity index (χ4n) is 2.35. The molecule has 0 aliphatic heterocycles. The van der Waals surface area contributed by atoms with E-state index < -0.39 is 5.91 Å². The molecule has 1 amide bonds. The zero-order chi connectivity index (χ0) is 16.4. The second kappa shape index (κ2) is 6.00. The van der Waals surface area contributed by atoms with Crippen LogP contribution in [0.15, 0.2) is 46.9 Å². The van der Waals surface area contributed by atoms with Crippen molar-refractivity contribution < 1.29 is 18.3 Å². The van der Waals surface area contributed by atoms with Crippen LogP contribution in [-0.2, 0) is 6.54 Å². The van der Waals surface area contributed by atoms with Gasteiger partial charge in [-0.3, -0.25) is 4.79 Å². The molecule has 6 heteroatoms. The molecule has 0 atom stereocenters. The Balaban J connectivity index is 1.95. The summed E-state index contributed by atoms with van der Waals surface area (Å²) in [5.74, 6) is -0.295. The van der Waals surface area contributed by atoms with Crippen molar-refractivity contribution in [3.8, 4) is 5.75 Å². The van der Waals surface area contributed by atoms with Crippen molar-refractivity contribution in [1.82, 2.24) is 0 Å². The minimum absolute atomic E-state index is 0.0513. The average molecular weight is 314 g/mol. The first-order chi connectivity index (χ1) is 11.1. The number of methoxy groups -OCH3 is 1. The van der Waals surface area contributed by atoms with Crippen LogP contribution >= 0.6 is 0 Å². The Morgan fingerprint density at radius 3 is 2.65 bits per heavy atom. The van der Waals surface area contributed by atoms with E-state index in [4.69, 9.17) is 14.9 Å². The zero-order valence-electron chi connectivity index (χ0n) is 12.4. The highest BCUT2D eigenvalue weighted by molar-refractivity contribution is 6.05. The Labute approximate surface area is 131 Å². The molecule has 5 nitrogen and oxygen atoms in total. The Bertz CT molecular complexity index is 856. The molecule has 0 unspecified atom stereocenters. The van der Waals surface area contributed by atoms with E-state index >= 15 is 0 Å². The smallest absolute Gasteiger partial charge is 0.286 e. The lowest BCUT2D eigenvalue weighted by Gasteiger charge is -2.06. The summed E-state index contributed by atoms with van der Waals surface area (Å²) in [6.45, 7) is 0.404. The number of amides is 1. The van der Waals surface area contributed by atoms with Crippen molar-refractivity contribution >= 4 is 22.6 Å². The SMILES string of the molecule is COc1ccc2c(NCc3ccc(F)cc3)c(C(N)=O)oc2c1. The van der Waals surface area contributed by atoms with Crippen LogP contribution in [0.2, 0.25) is 0 Å². The molecule has 0 aliphatic carbocycles. The lowest BCUT2D eigenvalue weighted by molar-refractivity contribution is 0.0977. The number of benzene rings is 2. The largest absolute Gasteiger partial charge is 0.497 e. The first-order valence-electron chi connectivity index (χ1n) is 6.97. The summed E-state index contributed by atoms with van der Waals surface area (Å²) in [5, 5.41) is 3.86. The number of nitrogens with one attached hydrogen (secondary N) is 1. The van der Waals surface area contributed by atoms with Gasteiger partial charge in [0.2, 0.25) is 5.76 Å². The first kappa shape index (κ1) is 14.9. The van der Waals surface area contributed by atoms with Crippen molar-refractivity contribution in [3.63, 3.8) is 0 Å². The number of hydrogen-bond donors (Lipinski definition) is 2. The molecule has 0 radical (unpaired) electrons. The van der Waals surface area contributed by atoms with Crippen molar-refractivity contribution in [1.29, 1.82) is 0 Å². The molecule has 0 spiro atoms. The number of rotatable bonds is 5.